The fourth-order valence-electron chi connectivity index (χ4n) is 2.87. The highest BCUT2D eigenvalue weighted by Gasteiger charge is 2.57. The van der Waals surface area contributed by atoms with Crippen molar-refractivity contribution in [1.29, 1.82) is 0 Å². The van der Waals surface area contributed by atoms with E-state index >= 15 is 0 Å². The van der Waals surface area contributed by atoms with Gasteiger partial charge in [0, 0.05) is 45.5 Å². The van der Waals surface area contributed by atoms with Gasteiger partial charge in [-0.05, 0) is 37.1 Å². The second kappa shape index (κ2) is 9.88. The van der Waals surface area contributed by atoms with Crippen molar-refractivity contribution in [2.75, 3.05) is 19.6 Å². The van der Waals surface area contributed by atoms with Crippen LogP contribution in [0.25, 0.3) is 0 Å². The van der Waals surface area contributed by atoms with E-state index in [9.17, 15) is 27.1 Å². The topological polar surface area (TPSA) is 74.5 Å². The molecule has 1 heterocycles. The molecular weight excluding hydrogens is 409 g/mol. The molecule has 0 aliphatic carbocycles. The molecule has 0 saturated heterocycles. The van der Waals surface area contributed by atoms with Crippen LogP contribution in [-0.4, -0.2) is 46.4 Å². The monoisotopic (exact) mass is 433 g/mol. The highest BCUT2D eigenvalue weighted by Crippen LogP contribution is 2.40. The van der Waals surface area contributed by atoms with Crippen molar-refractivity contribution in [3.05, 3.63) is 53.6 Å². The Balaban J connectivity index is 2.04. The Morgan fingerprint density at radius 2 is 1.97 bits per heavy atom. The van der Waals surface area contributed by atoms with Gasteiger partial charge < -0.3 is 20.3 Å². The minimum absolute atomic E-state index is 0.147. The average molecular weight is 433 g/mol. The van der Waals surface area contributed by atoms with Crippen LogP contribution in [0.3, 0.4) is 0 Å². The lowest BCUT2D eigenvalue weighted by Crippen LogP contribution is -2.45. The maximum absolute atomic E-state index is 13.7. The normalized spacial score (nSPS) is 14.5. The Bertz CT molecular complexity index is 867. The number of imidazole rings is 1. The SMILES string of the molecule is CCNC(=NCCC(O)(c1nccn1C)C(F)(F)F)NCCc1cc(F)ccc1F. The standard InChI is InChI=1S/C19H24F5N5O/c1-3-25-17(27-8-6-13-12-14(20)4-5-15(13)21)28-9-7-18(30,19(22,23)24)16-26-10-11-29(16)2/h4-5,10-12,30H,3,6-9H2,1-2H3,(H2,25,27,28). The molecule has 30 heavy (non-hydrogen) atoms. The molecule has 0 saturated carbocycles. The summed E-state index contributed by atoms with van der Waals surface area (Å²) in [4.78, 5) is 7.69. The molecule has 0 radical (unpaired) electrons. The highest BCUT2D eigenvalue weighted by molar-refractivity contribution is 5.79. The van der Waals surface area contributed by atoms with Crippen LogP contribution in [0.2, 0.25) is 0 Å². The number of halogens is 5. The first-order valence-corrected chi connectivity index (χ1v) is 9.31. The number of benzene rings is 1. The van der Waals surface area contributed by atoms with Gasteiger partial charge >= 0.3 is 6.18 Å². The van der Waals surface area contributed by atoms with E-state index in [1.54, 1.807) is 6.92 Å². The first-order chi connectivity index (χ1) is 14.1. The lowest BCUT2D eigenvalue weighted by molar-refractivity contribution is -0.272. The summed E-state index contributed by atoms with van der Waals surface area (Å²) in [7, 11) is 1.36. The summed E-state index contributed by atoms with van der Waals surface area (Å²) >= 11 is 0. The number of aliphatic hydroxyl groups is 1. The van der Waals surface area contributed by atoms with Gasteiger partial charge in [0.05, 0.1) is 0 Å². The van der Waals surface area contributed by atoms with Gasteiger partial charge in [0.1, 0.15) is 17.5 Å². The van der Waals surface area contributed by atoms with E-state index in [1.807, 2.05) is 0 Å². The van der Waals surface area contributed by atoms with Crippen LogP contribution in [-0.2, 0) is 19.1 Å². The summed E-state index contributed by atoms with van der Waals surface area (Å²) < 4.78 is 68.6. The Hall–Kier alpha value is -2.69. The Labute approximate surface area is 170 Å². The van der Waals surface area contributed by atoms with Crippen molar-refractivity contribution in [3.63, 3.8) is 0 Å². The molecule has 0 amide bonds. The van der Waals surface area contributed by atoms with Crippen molar-refractivity contribution < 1.29 is 27.1 Å². The van der Waals surface area contributed by atoms with Crippen LogP contribution in [0.15, 0.2) is 35.6 Å². The zero-order valence-electron chi connectivity index (χ0n) is 16.6. The molecule has 0 bridgehead atoms. The number of nitrogens with one attached hydrogen (secondary N) is 2. The second-order valence-electron chi connectivity index (χ2n) is 6.64. The van der Waals surface area contributed by atoms with Crippen molar-refractivity contribution >= 4 is 5.96 Å². The summed E-state index contributed by atoms with van der Waals surface area (Å²) in [5.74, 6) is -1.44. The molecule has 0 fully saturated rings. The van der Waals surface area contributed by atoms with Gasteiger partial charge in [-0.3, -0.25) is 4.99 Å². The number of nitrogens with zero attached hydrogens (tertiary/aromatic N) is 3. The van der Waals surface area contributed by atoms with Gasteiger partial charge in [-0.15, -0.1) is 0 Å². The van der Waals surface area contributed by atoms with E-state index in [0.717, 1.165) is 22.8 Å². The predicted octanol–water partition coefficient (Wildman–Crippen LogP) is 2.64. The fourth-order valence-corrected chi connectivity index (χ4v) is 2.87. The number of alkyl halides is 3. The van der Waals surface area contributed by atoms with Crippen LogP contribution < -0.4 is 10.6 Å². The molecule has 0 spiro atoms. The lowest BCUT2D eigenvalue weighted by Gasteiger charge is -2.29. The molecule has 3 N–H and O–H groups in total. The van der Waals surface area contributed by atoms with Gasteiger partial charge in [-0.2, -0.15) is 13.2 Å². The second-order valence-corrected chi connectivity index (χ2v) is 6.64. The van der Waals surface area contributed by atoms with Crippen molar-refractivity contribution in [3.8, 4) is 0 Å². The molecule has 0 aliphatic rings. The van der Waals surface area contributed by atoms with Crippen LogP contribution >= 0.6 is 0 Å². The summed E-state index contributed by atoms with van der Waals surface area (Å²) in [6.07, 6.45) is -3.05. The van der Waals surface area contributed by atoms with Gasteiger partial charge in [0.2, 0.25) is 5.60 Å². The molecule has 0 aliphatic heterocycles. The van der Waals surface area contributed by atoms with Crippen molar-refractivity contribution in [2.24, 2.45) is 12.0 Å². The van der Waals surface area contributed by atoms with Crippen LogP contribution in [0.4, 0.5) is 22.0 Å². The number of rotatable bonds is 8. The Morgan fingerprint density at radius 3 is 2.57 bits per heavy atom. The number of hydrogen-bond acceptors (Lipinski definition) is 3. The summed E-state index contributed by atoms with van der Waals surface area (Å²) in [6.45, 7) is 2.02. The smallest absolute Gasteiger partial charge is 0.374 e. The van der Waals surface area contributed by atoms with Crippen LogP contribution in [0.5, 0.6) is 0 Å². The van der Waals surface area contributed by atoms with E-state index in [1.165, 1.54) is 19.4 Å². The minimum Gasteiger partial charge on any atom is -0.374 e. The molecule has 11 heteroatoms. The van der Waals surface area contributed by atoms with E-state index in [2.05, 4.69) is 20.6 Å². The van der Waals surface area contributed by atoms with Crippen molar-refractivity contribution in [1.82, 2.24) is 20.2 Å². The summed E-state index contributed by atoms with van der Waals surface area (Å²) in [5.41, 5.74) is -2.99. The number of hydrogen-bond donors (Lipinski definition) is 3. The largest absolute Gasteiger partial charge is 0.424 e. The van der Waals surface area contributed by atoms with E-state index < -0.39 is 35.7 Å². The van der Waals surface area contributed by atoms with Crippen molar-refractivity contribution in [2.45, 2.75) is 31.5 Å². The maximum Gasteiger partial charge on any atom is 0.424 e. The number of aromatic nitrogens is 2. The fraction of sp³-hybridized carbons (Fsp3) is 0.474. The number of guanidine groups is 1. The van der Waals surface area contributed by atoms with E-state index in [-0.39, 0.29) is 31.0 Å². The van der Waals surface area contributed by atoms with Gasteiger partial charge in [-0.1, -0.05) is 0 Å². The van der Waals surface area contributed by atoms with Gasteiger partial charge in [0.25, 0.3) is 0 Å². The van der Waals surface area contributed by atoms with E-state index in [0.29, 0.717) is 6.54 Å². The Kier molecular flexibility index (Phi) is 7.77. The molecule has 166 valence electrons. The predicted molar refractivity (Wildman–Crippen MR) is 102 cm³/mol. The van der Waals surface area contributed by atoms with Crippen LogP contribution in [0, 0.1) is 11.6 Å². The number of aryl methyl sites for hydroxylation is 1. The molecule has 2 aromatic rings. The average Bonchev–Trinajstić information content (AvgIpc) is 3.10. The zero-order valence-corrected chi connectivity index (χ0v) is 16.6. The molecule has 1 aromatic carbocycles. The Morgan fingerprint density at radius 1 is 1.23 bits per heavy atom. The molecular formula is C19H24F5N5O. The quantitative estimate of drug-likeness (QED) is 0.340. The summed E-state index contributed by atoms with van der Waals surface area (Å²) in [5, 5.41) is 16.0. The third-order valence-corrected chi connectivity index (χ3v) is 4.44. The minimum atomic E-state index is -4.94. The van der Waals surface area contributed by atoms with Gasteiger partial charge in [-0.25, -0.2) is 13.8 Å². The first kappa shape index (κ1) is 23.6. The van der Waals surface area contributed by atoms with Crippen LogP contribution in [0.1, 0.15) is 24.7 Å². The third-order valence-electron chi connectivity index (χ3n) is 4.44. The molecule has 1 unspecified atom stereocenters. The molecule has 1 aromatic heterocycles. The third kappa shape index (κ3) is 5.68. The zero-order chi connectivity index (χ0) is 22.4. The van der Waals surface area contributed by atoms with E-state index in [4.69, 9.17) is 0 Å². The molecule has 1 atom stereocenters. The highest BCUT2D eigenvalue weighted by atomic mass is 19.4. The molecule has 6 nitrogen and oxygen atoms in total. The van der Waals surface area contributed by atoms with Gasteiger partial charge in [0.15, 0.2) is 5.96 Å². The molecule has 2 rings (SSSR count). The maximum atomic E-state index is 13.7. The number of aliphatic imine (C=N–C) groups is 1. The summed E-state index contributed by atoms with van der Waals surface area (Å²) in [6, 6.07) is 3.12. The first-order valence-electron chi connectivity index (χ1n) is 9.31. The lowest BCUT2D eigenvalue weighted by atomic mass is 9.98.